The Bertz CT molecular complexity index is 403. The van der Waals surface area contributed by atoms with Gasteiger partial charge >= 0.3 is 5.97 Å². The molecule has 16 heavy (non-hydrogen) atoms. The van der Waals surface area contributed by atoms with Gasteiger partial charge in [0.1, 0.15) is 5.15 Å². The number of carbonyl (C=O) groups excluding carboxylic acids is 1. The molecule has 0 aliphatic carbocycles. The average molecular weight is 241 g/mol. The molecule has 0 spiro atoms. The lowest BCUT2D eigenvalue weighted by molar-refractivity contribution is 0.0595. The molecule has 0 atom stereocenters. The van der Waals surface area contributed by atoms with Crippen LogP contribution in [0.4, 0.5) is 5.69 Å². The minimum Gasteiger partial charge on any atom is -0.464 e. The molecule has 0 aromatic carbocycles. The topological polar surface area (TPSA) is 42.4 Å². The molecule has 0 radical (unpaired) electrons. The Kier molecular flexibility index (Phi) is 3.29. The Morgan fingerprint density at radius 2 is 2.12 bits per heavy atom. The summed E-state index contributed by atoms with van der Waals surface area (Å²) in [6.07, 6.45) is 2.28. The van der Waals surface area contributed by atoms with Crippen LogP contribution >= 0.6 is 11.6 Å². The third-order valence-corrected chi connectivity index (χ3v) is 2.88. The van der Waals surface area contributed by atoms with E-state index in [1.54, 1.807) is 6.07 Å². The van der Waals surface area contributed by atoms with E-state index >= 15 is 0 Å². The van der Waals surface area contributed by atoms with Crippen LogP contribution in [0.3, 0.4) is 0 Å². The van der Waals surface area contributed by atoms with E-state index in [0.717, 1.165) is 31.6 Å². The number of carbonyl (C=O) groups is 1. The van der Waals surface area contributed by atoms with Gasteiger partial charge in [0, 0.05) is 13.1 Å². The van der Waals surface area contributed by atoms with E-state index in [1.807, 2.05) is 6.07 Å². The summed E-state index contributed by atoms with van der Waals surface area (Å²) in [4.78, 5) is 17.7. The summed E-state index contributed by atoms with van der Waals surface area (Å²) >= 11 is 5.79. The van der Waals surface area contributed by atoms with E-state index in [4.69, 9.17) is 16.3 Å². The van der Waals surface area contributed by atoms with Crippen LogP contribution in [0.5, 0.6) is 0 Å². The third kappa shape index (κ3) is 2.11. The second-order valence-electron chi connectivity index (χ2n) is 3.69. The van der Waals surface area contributed by atoms with Crippen LogP contribution in [0.25, 0.3) is 0 Å². The lowest BCUT2D eigenvalue weighted by Crippen LogP contribution is -2.22. The molecule has 1 aliphatic heterocycles. The molecule has 4 nitrogen and oxygen atoms in total. The maximum atomic E-state index is 11.6. The van der Waals surface area contributed by atoms with Crippen LogP contribution in [0.1, 0.15) is 23.3 Å². The van der Waals surface area contributed by atoms with Crippen LogP contribution < -0.4 is 4.90 Å². The molecular weight excluding hydrogens is 228 g/mol. The maximum Gasteiger partial charge on any atom is 0.358 e. The van der Waals surface area contributed by atoms with Crippen molar-refractivity contribution in [2.75, 3.05) is 25.1 Å². The summed E-state index contributed by atoms with van der Waals surface area (Å²) in [5.74, 6) is -0.440. The number of methoxy groups -OCH3 is 1. The lowest BCUT2D eigenvalue weighted by atomic mass is 10.2. The van der Waals surface area contributed by atoms with Crippen LogP contribution in [-0.2, 0) is 4.74 Å². The predicted molar refractivity (Wildman–Crippen MR) is 62.0 cm³/mol. The van der Waals surface area contributed by atoms with Crippen molar-refractivity contribution in [2.24, 2.45) is 0 Å². The Morgan fingerprint density at radius 1 is 1.44 bits per heavy atom. The van der Waals surface area contributed by atoms with Gasteiger partial charge in [-0.15, -0.1) is 0 Å². The predicted octanol–water partition coefficient (Wildman–Crippen LogP) is 2.12. The van der Waals surface area contributed by atoms with Gasteiger partial charge in [-0.1, -0.05) is 11.6 Å². The SMILES string of the molecule is COC(=O)c1nc(Cl)ccc1N1CCCC1. The zero-order valence-electron chi connectivity index (χ0n) is 9.07. The molecule has 86 valence electrons. The molecule has 2 rings (SSSR count). The van der Waals surface area contributed by atoms with Gasteiger partial charge in [0.2, 0.25) is 0 Å². The van der Waals surface area contributed by atoms with Crippen molar-refractivity contribution < 1.29 is 9.53 Å². The Hall–Kier alpha value is -1.29. The molecule has 1 aromatic heterocycles. The Balaban J connectivity index is 2.38. The van der Waals surface area contributed by atoms with E-state index in [2.05, 4.69) is 9.88 Å². The molecule has 0 saturated carbocycles. The summed E-state index contributed by atoms with van der Waals surface area (Å²) < 4.78 is 4.70. The number of pyridine rings is 1. The van der Waals surface area contributed by atoms with E-state index < -0.39 is 5.97 Å². The van der Waals surface area contributed by atoms with E-state index in [-0.39, 0.29) is 0 Å². The molecule has 0 unspecified atom stereocenters. The van der Waals surface area contributed by atoms with Gasteiger partial charge in [-0.2, -0.15) is 0 Å². The first kappa shape index (κ1) is 11.2. The summed E-state index contributed by atoms with van der Waals surface area (Å²) in [6, 6.07) is 3.52. The average Bonchev–Trinajstić information content (AvgIpc) is 2.81. The van der Waals surface area contributed by atoms with Crippen LogP contribution in [0.2, 0.25) is 5.15 Å². The van der Waals surface area contributed by atoms with Crippen LogP contribution in [-0.4, -0.2) is 31.2 Å². The van der Waals surface area contributed by atoms with Crippen molar-refractivity contribution in [3.63, 3.8) is 0 Å². The quantitative estimate of drug-likeness (QED) is 0.587. The minimum atomic E-state index is -0.440. The molecule has 0 N–H and O–H groups in total. The van der Waals surface area contributed by atoms with Gasteiger partial charge in [0.05, 0.1) is 12.8 Å². The number of hydrogen-bond acceptors (Lipinski definition) is 4. The van der Waals surface area contributed by atoms with Gasteiger partial charge in [0.25, 0.3) is 0 Å². The Morgan fingerprint density at radius 3 is 2.75 bits per heavy atom. The first-order valence-corrected chi connectivity index (χ1v) is 5.60. The number of hydrogen-bond donors (Lipinski definition) is 0. The fraction of sp³-hybridized carbons (Fsp3) is 0.455. The Labute approximate surface area is 99.2 Å². The first-order chi connectivity index (χ1) is 7.72. The minimum absolute atomic E-state index is 0.303. The summed E-state index contributed by atoms with van der Waals surface area (Å²) in [7, 11) is 1.35. The fourth-order valence-corrected chi connectivity index (χ4v) is 2.04. The maximum absolute atomic E-state index is 11.6. The highest BCUT2D eigenvalue weighted by Gasteiger charge is 2.21. The van der Waals surface area contributed by atoms with E-state index in [1.165, 1.54) is 7.11 Å². The van der Waals surface area contributed by atoms with Gasteiger partial charge in [-0.25, -0.2) is 9.78 Å². The standard InChI is InChI=1S/C11H13ClN2O2/c1-16-11(15)10-8(4-5-9(12)13-10)14-6-2-3-7-14/h4-5H,2-3,6-7H2,1H3. The molecule has 5 heteroatoms. The molecule has 0 bridgehead atoms. The second kappa shape index (κ2) is 4.70. The van der Waals surface area contributed by atoms with Crippen LogP contribution in [0, 0.1) is 0 Å². The number of esters is 1. The third-order valence-electron chi connectivity index (χ3n) is 2.67. The molecule has 1 aromatic rings. The first-order valence-electron chi connectivity index (χ1n) is 5.22. The summed E-state index contributed by atoms with van der Waals surface area (Å²) in [5, 5.41) is 0.309. The molecule has 1 aliphatic rings. The number of rotatable bonds is 2. The van der Waals surface area contributed by atoms with Crippen molar-refractivity contribution in [1.82, 2.24) is 4.98 Å². The molecule has 0 amide bonds. The summed E-state index contributed by atoms with van der Waals surface area (Å²) in [6.45, 7) is 1.90. The molecule has 2 heterocycles. The highest BCUT2D eigenvalue weighted by molar-refractivity contribution is 6.29. The van der Waals surface area contributed by atoms with Crippen molar-refractivity contribution >= 4 is 23.3 Å². The fourth-order valence-electron chi connectivity index (χ4n) is 1.89. The van der Waals surface area contributed by atoms with Gasteiger partial charge in [0.15, 0.2) is 5.69 Å². The van der Waals surface area contributed by atoms with E-state index in [9.17, 15) is 4.79 Å². The number of halogens is 1. The lowest BCUT2D eigenvalue weighted by Gasteiger charge is -2.19. The highest BCUT2D eigenvalue weighted by atomic mass is 35.5. The molecule has 1 fully saturated rings. The van der Waals surface area contributed by atoms with Crippen LogP contribution in [0.15, 0.2) is 12.1 Å². The smallest absolute Gasteiger partial charge is 0.358 e. The van der Waals surface area contributed by atoms with Crippen molar-refractivity contribution in [2.45, 2.75) is 12.8 Å². The van der Waals surface area contributed by atoms with Gasteiger partial charge in [-0.3, -0.25) is 0 Å². The number of anilines is 1. The zero-order chi connectivity index (χ0) is 11.5. The number of aromatic nitrogens is 1. The second-order valence-corrected chi connectivity index (χ2v) is 4.07. The number of nitrogens with zero attached hydrogens (tertiary/aromatic N) is 2. The monoisotopic (exact) mass is 240 g/mol. The van der Waals surface area contributed by atoms with Crippen molar-refractivity contribution in [3.05, 3.63) is 23.0 Å². The highest BCUT2D eigenvalue weighted by Crippen LogP contribution is 2.25. The van der Waals surface area contributed by atoms with Crippen molar-refractivity contribution in [1.29, 1.82) is 0 Å². The van der Waals surface area contributed by atoms with Gasteiger partial charge < -0.3 is 9.64 Å². The molecular formula is C11H13ClN2O2. The normalized spacial score (nSPS) is 15.2. The van der Waals surface area contributed by atoms with Gasteiger partial charge in [-0.05, 0) is 25.0 Å². The molecule has 1 saturated heterocycles. The summed E-state index contributed by atoms with van der Waals surface area (Å²) in [5.41, 5.74) is 1.12. The zero-order valence-corrected chi connectivity index (χ0v) is 9.83. The number of ether oxygens (including phenoxy) is 1. The van der Waals surface area contributed by atoms with Crippen molar-refractivity contribution in [3.8, 4) is 0 Å². The largest absolute Gasteiger partial charge is 0.464 e. The van der Waals surface area contributed by atoms with E-state index in [0.29, 0.717) is 10.8 Å².